The highest BCUT2D eigenvalue weighted by molar-refractivity contribution is 7.09. The summed E-state index contributed by atoms with van der Waals surface area (Å²) in [4.78, 5) is 21.8. The van der Waals surface area contributed by atoms with Crippen molar-refractivity contribution in [1.29, 1.82) is 0 Å². The number of halogens is 3. The number of hydrogen-bond acceptors (Lipinski definition) is 6. The third kappa shape index (κ3) is 4.14. The monoisotopic (exact) mass is 385 g/mol. The lowest BCUT2D eigenvalue weighted by molar-refractivity contribution is -0.140. The molecule has 0 bridgehead atoms. The van der Waals surface area contributed by atoms with Crippen LogP contribution in [0.15, 0.2) is 23.7 Å². The summed E-state index contributed by atoms with van der Waals surface area (Å²) in [7, 11) is 0. The van der Waals surface area contributed by atoms with Gasteiger partial charge < -0.3 is 9.64 Å². The number of thiazole rings is 1. The second kappa shape index (κ2) is 7.61. The van der Waals surface area contributed by atoms with E-state index >= 15 is 0 Å². The van der Waals surface area contributed by atoms with Crippen molar-refractivity contribution >= 4 is 23.1 Å². The molecule has 1 saturated heterocycles. The summed E-state index contributed by atoms with van der Waals surface area (Å²) in [6.07, 6.45) is -1.31. The molecule has 1 aliphatic rings. The zero-order valence-corrected chi connectivity index (χ0v) is 14.9. The van der Waals surface area contributed by atoms with Gasteiger partial charge >= 0.3 is 12.1 Å². The number of pyridine rings is 1. The molecule has 140 valence electrons. The molecule has 2 aromatic rings. The molecule has 1 aliphatic heterocycles. The highest BCUT2D eigenvalue weighted by Crippen LogP contribution is 2.35. The van der Waals surface area contributed by atoms with E-state index in [9.17, 15) is 18.0 Å². The molecule has 0 spiro atoms. The minimum atomic E-state index is -4.41. The van der Waals surface area contributed by atoms with E-state index in [1.165, 1.54) is 6.20 Å². The smallest absolute Gasteiger partial charge is 0.434 e. The van der Waals surface area contributed by atoms with Gasteiger partial charge in [-0.2, -0.15) is 13.2 Å². The lowest BCUT2D eigenvalue weighted by Gasteiger charge is -2.32. The summed E-state index contributed by atoms with van der Waals surface area (Å²) in [5, 5.41) is 1.57. The van der Waals surface area contributed by atoms with Crippen LogP contribution in [0.3, 0.4) is 0 Å². The standard InChI is InChI=1S/C17H18F3N3O2S/c1-2-25-16(24)11-5-6-14(21-8-11)23-7-3-4-12(9-23)15-22-13(10-26-15)17(18,19)20/h5-6,8,10,12H,2-4,7,9H2,1H3. The number of aromatic nitrogens is 2. The van der Waals surface area contributed by atoms with Crippen molar-refractivity contribution < 1.29 is 22.7 Å². The van der Waals surface area contributed by atoms with Crippen molar-refractivity contribution in [2.45, 2.75) is 31.9 Å². The Labute approximate surface area is 152 Å². The van der Waals surface area contributed by atoms with Crippen molar-refractivity contribution in [3.05, 3.63) is 40.0 Å². The maximum atomic E-state index is 12.8. The Morgan fingerprint density at radius 1 is 1.42 bits per heavy atom. The Morgan fingerprint density at radius 3 is 2.85 bits per heavy atom. The topological polar surface area (TPSA) is 55.3 Å². The summed E-state index contributed by atoms with van der Waals surface area (Å²) in [6.45, 7) is 3.34. The predicted octanol–water partition coefficient (Wildman–Crippen LogP) is 4.12. The second-order valence-corrected chi connectivity index (χ2v) is 6.87. The van der Waals surface area contributed by atoms with Crippen LogP contribution < -0.4 is 4.90 Å². The first-order valence-corrected chi connectivity index (χ1v) is 9.17. The number of ether oxygens (including phenoxy) is 1. The van der Waals surface area contributed by atoms with Gasteiger partial charge in [-0.25, -0.2) is 14.8 Å². The highest BCUT2D eigenvalue weighted by atomic mass is 32.1. The summed E-state index contributed by atoms with van der Waals surface area (Å²) < 4.78 is 43.2. The van der Waals surface area contributed by atoms with Crippen LogP contribution in [-0.2, 0) is 10.9 Å². The highest BCUT2D eigenvalue weighted by Gasteiger charge is 2.35. The number of anilines is 1. The molecule has 9 heteroatoms. The second-order valence-electron chi connectivity index (χ2n) is 5.98. The SMILES string of the molecule is CCOC(=O)c1ccc(N2CCCC(c3nc(C(F)(F)F)cs3)C2)nc1. The number of rotatable bonds is 4. The lowest BCUT2D eigenvalue weighted by atomic mass is 9.98. The molecule has 26 heavy (non-hydrogen) atoms. The van der Waals surface area contributed by atoms with Gasteiger partial charge in [0.15, 0.2) is 5.69 Å². The van der Waals surface area contributed by atoms with Crippen molar-refractivity contribution in [2.24, 2.45) is 0 Å². The van der Waals surface area contributed by atoms with E-state index in [-0.39, 0.29) is 5.92 Å². The average molecular weight is 385 g/mol. The third-order valence-electron chi connectivity index (χ3n) is 4.17. The molecule has 0 N–H and O–H groups in total. The number of esters is 1. The average Bonchev–Trinajstić information content (AvgIpc) is 3.13. The molecule has 2 aromatic heterocycles. The van der Waals surface area contributed by atoms with Crippen LogP contribution in [0.2, 0.25) is 0 Å². The molecular formula is C17H18F3N3O2S. The Morgan fingerprint density at radius 2 is 2.23 bits per heavy atom. The molecular weight excluding hydrogens is 367 g/mol. The van der Waals surface area contributed by atoms with Gasteiger partial charge in [-0.1, -0.05) is 0 Å². The van der Waals surface area contributed by atoms with E-state index in [1.54, 1.807) is 19.1 Å². The fourth-order valence-electron chi connectivity index (χ4n) is 2.90. The van der Waals surface area contributed by atoms with Crippen molar-refractivity contribution in [3.63, 3.8) is 0 Å². The minimum Gasteiger partial charge on any atom is -0.462 e. The molecule has 1 unspecified atom stereocenters. The number of piperidine rings is 1. The van der Waals surface area contributed by atoms with Gasteiger partial charge in [-0.15, -0.1) is 11.3 Å². The fourth-order valence-corrected chi connectivity index (χ4v) is 3.86. The predicted molar refractivity (Wildman–Crippen MR) is 91.5 cm³/mol. The molecule has 1 fully saturated rings. The van der Waals surface area contributed by atoms with Crippen LogP contribution in [0.4, 0.5) is 19.0 Å². The summed E-state index contributed by atoms with van der Waals surface area (Å²) >= 11 is 1.05. The summed E-state index contributed by atoms with van der Waals surface area (Å²) in [5.41, 5.74) is -0.453. The summed E-state index contributed by atoms with van der Waals surface area (Å²) in [6, 6.07) is 3.38. The van der Waals surface area contributed by atoms with Crippen LogP contribution >= 0.6 is 11.3 Å². The van der Waals surface area contributed by atoms with Crippen molar-refractivity contribution in [3.8, 4) is 0 Å². The van der Waals surface area contributed by atoms with E-state index in [4.69, 9.17) is 4.74 Å². The van der Waals surface area contributed by atoms with Gasteiger partial charge in [-0.3, -0.25) is 0 Å². The van der Waals surface area contributed by atoms with E-state index in [0.29, 0.717) is 29.5 Å². The normalized spacial score (nSPS) is 18.0. The number of alkyl halides is 3. The maximum absolute atomic E-state index is 12.8. The first kappa shape index (κ1) is 18.6. The van der Waals surface area contributed by atoms with Gasteiger partial charge in [0.05, 0.1) is 17.2 Å². The number of hydrogen-bond donors (Lipinski definition) is 0. The van der Waals surface area contributed by atoms with Crippen molar-refractivity contribution in [1.82, 2.24) is 9.97 Å². The molecule has 0 amide bonds. The first-order chi connectivity index (χ1) is 12.4. The van der Waals surface area contributed by atoms with Gasteiger partial charge in [0, 0.05) is 30.6 Å². The number of carbonyl (C=O) groups is 1. The molecule has 5 nitrogen and oxygen atoms in total. The zero-order chi connectivity index (χ0) is 18.7. The Bertz CT molecular complexity index is 761. The van der Waals surface area contributed by atoms with Crippen LogP contribution in [0.25, 0.3) is 0 Å². The largest absolute Gasteiger partial charge is 0.462 e. The van der Waals surface area contributed by atoms with Crippen molar-refractivity contribution in [2.75, 3.05) is 24.6 Å². The van der Waals surface area contributed by atoms with E-state index in [2.05, 4.69) is 9.97 Å². The fraction of sp³-hybridized carbons (Fsp3) is 0.471. The summed E-state index contributed by atoms with van der Waals surface area (Å²) in [5.74, 6) is 0.206. The van der Waals surface area contributed by atoms with Crippen LogP contribution in [0, 0.1) is 0 Å². The molecule has 1 atom stereocenters. The van der Waals surface area contributed by atoms with E-state index < -0.39 is 17.8 Å². The first-order valence-electron chi connectivity index (χ1n) is 8.29. The Kier molecular flexibility index (Phi) is 5.45. The van der Waals surface area contributed by atoms with Gasteiger partial charge in [0.1, 0.15) is 5.82 Å². The third-order valence-corrected chi connectivity index (χ3v) is 5.17. The van der Waals surface area contributed by atoms with Crippen LogP contribution in [0.5, 0.6) is 0 Å². The molecule has 0 aromatic carbocycles. The molecule has 3 heterocycles. The van der Waals surface area contributed by atoms with E-state index in [0.717, 1.165) is 36.1 Å². The van der Waals surface area contributed by atoms with Gasteiger partial charge in [0.2, 0.25) is 0 Å². The Balaban J connectivity index is 1.70. The molecule has 0 saturated carbocycles. The zero-order valence-electron chi connectivity index (χ0n) is 14.1. The minimum absolute atomic E-state index is 0.0589. The maximum Gasteiger partial charge on any atom is 0.434 e. The quantitative estimate of drug-likeness (QED) is 0.741. The van der Waals surface area contributed by atoms with Gasteiger partial charge in [-0.05, 0) is 31.9 Å². The van der Waals surface area contributed by atoms with E-state index in [1.807, 2.05) is 4.90 Å². The molecule has 0 aliphatic carbocycles. The number of nitrogens with zero attached hydrogens (tertiary/aromatic N) is 3. The van der Waals surface area contributed by atoms with Crippen LogP contribution in [-0.4, -0.2) is 35.6 Å². The van der Waals surface area contributed by atoms with Crippen LogP contribution in [0.1, 0.15) is 46.7 Å². The Hall–Kier alpha value is -2.16. The molecule has 3 rings (SSSR count). The lowest BCUT2D eigenvalue weighted by Crippen LogP contribution is -2.35. The molecule has 0 radical (unpaired) electrons. The number of carbonyl (C=O) groups excluding carboxylic acids is 1. The van der Waals surface area contributed by atoms with Gasteiger partial charge in [0.25, 0.3) is 0 Å².